The second-order valence-corrected chi connectivity index (χ2v) is 4.50. The van der Waals surface area contributed by atoms with Crippen LogP contribution in [0.5, 0.6) is 11.5 Å². The molecule has 0 aliphatic rings. The fourth-order valence-electron chi connectivity index (χ4n) is 1.84. The summed E-state index contributed by atoms with van der Waals surface area (Å²) in [6.45, 7) is 0.535. The van der Waals surface area contributed by atoms with Crippen LogP contribution in [0.2, 0.25) is 0 Å². The van der Waals surface area contributed by atoms with E-state index in [9.17, 15) is 0 Å². The van der Waals surface area contributed by atoms with E-state index in [1.54, 1.807) is 25.6 Å². The molecular formula is C13H15NO2S. The molecule has 0 aliphatic carbocycles. The van der Waals surface area contributed by atoms with Crippen molar-refractivity contribution in [3.8, 4) is 22.6 Å². The Bertz CT molecular complexity index is 508. The topological polar surface area (TPSA) is 44.5 Å². The highest BCUT2D eigenvalue weighted by Crippen LogP contribution is 2.40. The first-order chi connectivity index (χ1) is 8.31. The highest BCUT2D eigenvalue weighted by molar-refractivity contribution is 7.10. The molecule has 0 saturated carbocycles. The number of hydrogen-bond donors (Lipinski definition) is 1. The van der Waals surface area contributed by atoms with E-state index in [0.29, 0.717) is 6.54 Å². The standard InChI is InChI=1S/C13H15NO2S/c1-15-11-5-3-4-10(13(11)16-2)9-6-7-17-12(9)8-14/h3-7H,8,14H2,1-2H3. The van der Waals surface area contributed by atoms with Crippen LogP contribution in [0.4, 0.5) is 0 Å². The smallest absolute Gasteiger partial charge is 0.168 e. The second-order valence-electron chi connectivity index (χ2n) is 3.50. The van der Waals surface area contributed by atoms with Gasteiger partial charge in [-0.2, -0.15) is 0 Å². The molecule has 2 aromatic rings. The van der Waals surface area contributed by atoms with Gasteiger partial charge in [0.25, 0.3) is 0 Å². The Balaban J connectivity index is 2.59. The van der Waals surface area contributed by atoms with Crippen molar-refractivity contribution in [1.29, 1.82) is 0 Å². The zero-order valence-electron chi connectivity index (χ0n) is 9.90. The third-order valence-electron chi connectivity index (χ3n) is 2.62. The summed E-state index contributed by atoms with van der Waals surface area (Å²) in [4.78, 5) is 1.15. The van der Waals surface area contributed by atoms with Crippen LogP contribution in [0.1, 0.15) is 4.88 Å². The largest absolute Gasteiger partial charge is 0.493 e. The molecule has 0 fully saturated rings. The van der Waals surface area contributed by atoms with Gasteiger partial charge >= 0.3 is 0 Å². The van der Waals surface area contributed by atoms with Crippen molar-refractivity contribution in [3.63, 3.8) is 0 Å². The van der Waals surface area contributed by atoms with E-state index in [4.69, 9.17) is 15.2 Å². The minimum atomic E-state index is 0.535. The summed E-state index contributed by atoms with van der Waals surface area (Å²) in [7, 11) is 3.29. The molecule has 0 aliphatic heterocycles. The van der Waals surface area contributed by atoms with Crippen molar-refractivity contribution < 1.29 is 9.47 Å². The van der Waals surface area contributed by atoms with Gasteiger partial charge in [0.15, 0.2) is 11.5 Å². The molecule has 90 valence electrons. The zero-order chi connectivity index (χ0) is 12.3. The van der Waals surface area contributed by atoms with Crippen molar-refractivity contribution in [2.45, 2.75) is 6.54 Å². The number of methoxy groups -OCH3 is 2. The highest BCUT2D eigenvalue weighted by Gasteiger charge is 2.14. The number of ether oxygens (including phenoxy) is 2. The van der Waals surface area contributed by atoms with Crippen molar-refractivity contribution in [1.82, 2.24) is 0 Å². The van der Waals surface area contributed by atoms with E-state index in [1.165, 1.54) is 0 Å². The quantitative estimate of drug-likeness (QED) is 0.906. The van der Waals surface area contributed by atoms with Gasteiger partial charge in [-0.1, -0.05) is 12.1 Å². The van der Waals surface area contributed by atoms with Gasteiger partial charge in [-0.05, 0) is 17.5 Å². The Morgan fingerprint density at radius 1 is 1.12 bits per heavy atom. The molecule has 2 rings (SSSR count). The van der Waals surface area contributed by atoms with Gasteiger partial charge in [-0.25, -0.2) is 0 Å². The lowest BCUT2D eigenvalue weighted by molar-refractivity contribution is 0.356. The van der Waals surface area contributed by atoms with Gasteiger partial charge in [0.2, 0.25) is 0 Å². The molecule has 0 saturated heterocycles. The van der Waals surface area contributed by atoms with Crippen molar-refractivity contribution in [2.24, 2.45) is 5.73 Å². The Morgan fingerprint density at radius 3 is 2.59 bits per heavy atom. The number of hydrogen-bond acceptors (Lipinski definition) is 4. The predicted molar refractivity (Wildman–Crippen MR) is 70.8 cm³/mol. The molecule has 4 heteroatoms. The van der Waals surface area contributed by atoms with E-state index in [2.05, 4.69) is 6.07 Å². The SMILES string of the molecule is COc1cccc(-c2ccsc2CN)c1OC. The summed E-state index contributed by atoms with van der Waals surface area (Å²) in [5.41, 5.74) is 7.87. The molecule has 0 atom stereocenters. The highest BCUT2D eigenvalue weighted by atomic mass is 32.1. The van der Waals surface area contributed by atoms with Crippen LogP contribution in [0.3, 0.4) is 0 Å². The van der Waals surface area contributed by atoms with Crippen LogP contribution < -0.4 is 15.2 Å². The third-order valence-corrected chi connectivity index (χ3v) is 3.57. The second kappa shape index (κ2) is 5.21. The Morgan fingerprint density at radius 2 is 1.94 bits per heavy atom. The van der Waals surface area contributed by atoms with Gasteiger partial charge in [0, 0.05) is 22.5 Å². The number of rotatable bonds is 4. The predicted octanol–water partition coefficient (Wildman–Crippen LogP) is 2.89. The molecule has 3 nitrogen and oxygen atoms in total. The van der Waals surface area contributed by atoms with Gasteiger partial charge in [0.1, 0.15) is 0 Å². The first kappa shape index (κ1) is 12.0. The first-order valence-electron chi connectivity index (χ1n) is 5.29. The van der Waals surface area contributed by atoms with E-state index in [-0.39, 0.29) is 0 Å². The van der Waals surface area contributed by atoms with E-state index < -0.39 is 0 Å². The molecule has 0 unspecified atom stereocenters. The van der Waals surface area contributed by atoms with Gasteiger partial charge in [-0.15, -0.1) is 11.3 Å². The van der Waals surface area contributed by atoms with Crippen LogP contribution >= 0.6 is 11.3 Å². The molecule has 1 heterocycles. The van der Waals surface area contributed by atoms with Crippen LogP contribution in [0.15, 0.2) is 29.6 Å². The fraction of sp³-hybridized carbons (Fsp3) is 0.231. The lowest BCUT2D eigenvalue weighted by Gasteiger charge is -2.12. The Hall–Kier alpha value is -1.52. The molecule has 0 spiro atoms. The van der Waals surface area contributed by atoms with Gasteiger partial charge < -0.3 is 15.2 Å². The molecule has 1 aromatic heterocycles. The molecule has 0 bridgehead atoms. The Labute approximate surface area is 105 Å². The fourth-order valence-corrected chi connectivity index (χ4v) is 2.61. The van der Waals surface area contributed by atoms with Gasteiger partial charge in [-0.3, -0.25) is 0 Å². The minimum absolute atomic E-state index is 0.535. The number of para-hydroxylation sites is 1. The summed E-state index contributed by atoms with van der Waals surface area (Å²) in [5.74, 6) is 1.49. The maximum Gasteiger partial charge on any atom is 0.168 e. The van der Waals surface area contributed by atoms with Crippen molar-refractivity contribution in [3.05, 3.63) is 34.5 Å². The molecule has 0 radical (unpaired) electrons. The van der Waals surface area contributed by atoms with Crippen LogP contribution in [-0.4, -0.2) is 14.2 Å². The van der Waals surface area contributed by atoms with Crippen molar-refractivity contribution in [2.75, 3.05) is 14.2 Å². The lowest BCUT2D eigenvalue weighted by atomic mass is 10.0. The number of thiophene rings is 1. The first-order valence-corrected chi connectivity index (χ1v) is 6.17. The maximum absolute atomic E-state index is 5.73. The summed E-state index contributed by atoms with van der Waals surface area (Å²) < 4.78 is 10.7. The Kier molecular flexibility index (Phi) is 3.66. The average molecular weight is 249 g/mol. The minimum Gasteiger partial charge on any atom is -0.493 e. The van der Waals surface area contributed by atoms with Crippen molar-refractivity contribution >= 4 is 11.3 Å². The molecule has 2 N–H and O–H groups in total. The van der Waals surface area contributed by atoms with Crippen LogP contribution in [0, 0.1) is 0 Å². The summed E-state index contributed by atoms with van der Waals surface area (Å²) in [5, 5.41) is 2.04. The molecular weight excluding hydrogens is 234 g/mol. The summed E-state index contributed by atoms with van der Waals surface area (Å²) in [6.07, 6.45) is 0. The molecule has 0 amide bonds. The van der Waals surface area contributed by atoms with Crippen LogP contribution in [-0.2, 0) is 6.54 Å². The molecule has 17 heavy (non-hydrogen) atoms. The van der Waals surface area contributed by atoms with E-state index >= 15 is 0 Å². The average Bonchev–Trinajstić information content (AvgIpc) is 2.85. The van der Waals surface area contributed by atoms with E-state index in [0.717, 1.165) is 27.5 Å². The number of benzene rings is 1. The summed E-state index contributed by atoms with van der Waals surface area (Å²) >= 11 is 1.66. The maximum atomic E-state index is 5.73. The third kappa shape index (κ3) is 2.14. The van der Waals surface area contributed by atoms with Crippen LogP contribution in [0.25, 0.3) is 11.1 Å². The number of nitrogens with two attached hydrogens (primary N) is 1. The lowest BCUT2D eigenvalue weighted by Crippen LogP contribution is -1.97. The molecule has 1 aromatic carbocycles. The van der Waals surface area contributed by atoms with Gasteiger partial charge in [0.05, 0.1) is 14.2 Å². The van der Waals surface area contributed by atoms with E-state index in [1.807, 2.05) is 23.6 Å². The monoisotopic (exact) mass is 249 g/mol. The zero-order valence-corrected chi connectivity index (χ0v) is 10.7. The normalized spacial score (nSPS) is 10.3. The summed E-state index contributed by atoms with van der Waals surface area (Å²) in [6, 6.07) is 7.91.